The smallest absolute Gasteiger partial charge is 0.196 e. The normalized spacial score (nSPS) is 11.2. The van der Waals surface area contributed by atoms with E-state index in [-0.39, 0.29) is 0 Å². The Hall–Kier alpha value is -1.52. The molecule has 1 N–H and O–H groups in total. The third-order valence-electron chi connectivity index (χ3n) is 1.69. The predicted molar refractivity (Wildman–Crippen MR) is 43.6 cm³/mol. The average molecular weight is 163 g/mol. The molecule has 0 aromatic carbocycles. The summed E-state index contributed by atoms with van der Waals surface area (Å²) >= 11 is 0. The van der Waals surface area contributed by atoms with Gasteiger partial charge in [0.1, 0.15) is 11.8 Å². The lowest BCUT2D eigenvalue weighted by atomic mass is 10.1. The molecule has 5 nitrogen and oxygen atoms in total. The molecule has 0 atom stereocenters. The molecule has 0 aliphatic rings. The van der Waals surface area contributed by atoms with Gasteiger partial charge in [0.25, 0.3) is 0 Å². The Balaban J connectivity index is 2.70. The summed E-state index contributed by atoms with van der Waals surface area (Å²) in [5.74, 6) is 0.357. The first-order valence-electron chi connectivity index (χ1n) is 3.80. The van der Waals surface area contributed by atoms with Gasteiger partial charge in [-0.25, -0.2) is 4.98 Å². The van der Waals surface area contributed by atoms with Gasteiger partial charge in [0.05, 0.1) is 5.69 Å². The van der Waals surface area contributed by atoms with E-state index in [0.717, 1.165) is 11.2 Å². The maximum Gasteiger partial charge on any atom is 0.196 e. The Morgan fingerprint density at radius 1 is 1.42 bits per heavy atom. The number of hydrogen-bond acceptors (Lipinski definition) is 4. The standard InChI is InChI=1S/C7H9N5/c1-4(2)5-6-7(12-10-5)11-9-3-8-6/h3-4H,1-2H3,(H,10,11,12). The van der Waals surface area contributed by atoms with Gasteiger partial charge in [-0.1, -0.05) is 13.8 Å². The molecule has 0 amide bonds. The van der Waals surface area contributed by atoms with Gasteiger partial charge in [0, 0.05) is 0 Å². The number of hydrogen-bond donors (Lipinski definition) is 1. The molecule has 0 radical (unpaired) electrons. The zero-order valence-electron chi connectivity index (χ0n) is 6.94. The third-order valence-corrected chi connectivity index (χ3v) is 1.69. The molecular formula is C7H9N5. The summed E-state index contributed by atoms with van der Waals surface area (Å²) in [4.78, 5) is 4.10. The van der Waals surface area contributed by atoms with Crippen molar-refractivity contribution in [3.63, 3.8) is 0 Å². The van der Waals surface area contributed by atoms with Crippen LogP contribution < -0.4 is 0 Å². The van der Waals surface area contributed by atoms with Gasteiger partial charge >= 0.3 is 0 Å². The molecule has 12 heavy (non-hydrogen) atoms. The molecular weight excluding hydrogens is 154 g/mol. The molecule has 5 heteroatoms. The van der Waals surface area contributed by atoms with Crippen LogP contribution in [0.1, 0.15) is 25.5 Å². The second-order valence-electron chi connectivity index (χ2n) is 2.92. The quantitative estimate of drug-likeness (QED) is 0.677. The second-order valence-corrected chi connectivity index (χ2v) is 2.92. The van der Waals surface area contributed by atoms with Crippen LogP contribution in [0.15, 0.2) is 6.33 Å². The Bertz CT molecular complexity index is 391. The van der Waals surface area contributed by atoms with Crippen molar-refractivity contribution in [1.29, 1.82) is 0 Å². The summed E-state index contributed by atoms with van der Waals surface area (Å²) in [5.41, 5.74) is 2.42. The van der Waals surface area contributed by atoms with E-state index in [4.69, 9.17) is 0 Å². The van der Waals surface area contributed by atoms with E-state index < -0.39 is 0 Å². The fraction of sp³-hybridized carbons (Fsp3) is 0.429. The van der Waals surface area contributed by atoms with Gasteiger partial charge in [-0.05, 0) is 5.92 Å². The molecule has 0 fully saturated rings. The Morgan fingerprint density at radius 2 is 2.25 bits per heavy atom. The average Bonchev–Trinajstić information content (AvgIpc) is 2.47. The highest BCUT2D eigenvalue weighted by Crippen LogP contribution is 2.17. The van der Waals surface area contributed by atoms with Crippen LogP contribution in [0.3, 0.4) is 0 Å². The fourth-order valence-corrected chi connectivity index (χ4v) is 1.11. The van der Waals surface area contributed by atoms with Crippen molar-refractivity contribution in [2.75, 3.05) is 0 Å². The van der Waals surface area contributed by atoms with Gasteiger partial charge in [-0.2, -0.15) is 5.10 Å². The van der Waals surface area contributed by atoms with Crippen LogP contribution in [0, 0.1) is 0 Å². The highest BCUT2D eigenvalue weighted by Gasteiger charge is 2.10. The van der Waals surface area contributed by atoms with Crippen LogP contribution >= 0.6 is 0 Å². The van der Waals surface area contributed by atoms with Crippen molar-refractivity contribution in [2.45, 2.75) is 19.8 Å². The van der Waals surface area contributed by atoms with Crippen molar-refractivity contribution in [1.82, 2.24) is 25.4 Å². The first-order chi connectivity index (χ1) is 5.79. The van der Waals surface area contributed by atoms with Crippen molar-refractivity contribution < 1.29 is 0 Å². The maximum absolute atomic E-state index is 4.10. The minimum atomic E-state index is 0.357. The molecule has 2 rings (SSSR count). The molecule has 2 aromatic rings. The Morgan fingerprint density at radius 3 is 3.00 bits per heavy atom. The molecule has 0 unspecified atom stereocenters. The molecule has 62 valence electrons. The summed E-state index contributed by atoms with van der Waals surface area (Å²) in [5, 5.41) is 14.4. The van der Waals surface area contributed by atoms with Crippen molar-refractivity contribution in [3.8, 4) is 0 Å². The number of rotatable bonds is 1. The summed E-state index contributed by atoms with van der Waals surface area (Å²) in [6, 6.07) is 0. The maximum atomic E-state index is 4.10. The van der Waals surface area contributed by atoms with E-state index >= 15 is 0 Å². The van der Waals surface area contributed by atoms with Crippen LogP contribution in [0.25, 0.3) is 11.2 Å². The molecule has 0 saturated carbocycles. The fourth-order valence-electron chi connectivity index (χ4n) is 1.11. The highest BCUT2D eigenvalue weighted by atomic mass is 15.2. The van der Waals surface area contributed by atoms with Gasteiger partial charge in [-0.15, -0.1) is 10.2 Å². The molecule has 0 aliphatic carbocycles. The Kier molecular flexibility index (Phi) is 1.49. The number of nitrogens with zero attached hydrogens (tertiary/aromatic N) is 4. The lowest BCUT2D eigenvalue weighted by Gasteiger charge is -1.96. The first kappa shape index (κ1) is 7.15. The van der Waals surface area contributed by atoms with Gasteiger partial charge < -0.3 is 0 Å². The largest absolute Gasteiger partial charge is 0.258 e. The monoisotopic (exact) mass is 163 g/mol. The topological polar surface area (TPSA) is 67.3 Å². The van der Waals surface area contributed by atoms with Crippen LogP contribution in [0.4, 0.5) is 0 Å². The lowest BCUT2D eigenvalue weighted by molar-refractivity contribution is 0.815. The van der Waals surface area contributed by atoms with Crippen molar-refractivity contribution in [3.05, 3.63) is 12.0 Å². The SMILES string of the molecule is CC(C)c1n[nH]c2nncnc12. The minimum Gasteiger partial charge on any atom is -0.258 e. The number of aromatic amines is 1. The number of aromatic nitrogens is 5. The molecule has 0 saturated heterocycles. The van der Waals surface area contributed by atoms with Crippen LogP contribution in [0.5, 0.6) is 0 Å². The van der Waals surface area contributed by atoms with Crippen LogP contribution in [-0.4, -0.2) is 25.4 Å². The van der Waals surface area contributed by atoms with E-state index in [2.05, 4.69) is 39.2 Å². The highest BCUT2D eigenvalue weighted by molar-refractivity contribution is 5.72. The summed E-state index contributed by atoms with van der Waals surface area (Å²) < 4.78 is 0. The number of H-pyrrole nitrogens is 1. The van der Waals surface area contributed by atoms with E-state index in [1.54, 1.807) is 0 Å². The summed E-state index contributed by atoms with van der Waals surface area (Å²) in [7, 11) is 0. The first-order valence-corrected chi connectivity index (χ1v) is 3.80. The van der Waals surface area contributed by atoms with Crippen LogP contribution in [-0.2, 0) is 0 Å². The van der Waals surface area contributed by atoms with Gasteiger partial charge in [0.2, 0.25) is 0 Å². The minimum absolute atomic E-state index is 0.357. The van der Waals surface area contributed by atoms with Crippen LogP contribution in [0.2, 0.25) is 0 Å². The molecule has 0 aliphatic heterocycles. The molecule has 2 aromatic heterocycles. The zero-order chi connectivity index (χ0) is 8.55. The van der Waals surface area contributed by atoms with E-state index in [9.17, 15) is 0 Å². The summed E-state index contributed by atoms with van der Waals surface area (Å²) in [6.07, 6.45) is 1.43. The Labute approximate surface area is 69.2 Å². The molecule has 0 bridgehead atoms. The van der Waals surface area contributed by atoms with E-state index in [0.29, 0.717) is 11.6 Å². The van der Waals surface area contributed by atoms with Crippen molar-refractivity contribution >= 4 is 11.2 Å². The van der Waals surface area contributed by atoms with E-state index in [1.807, 2.05) is 0 Å². The lowest BCUT2D eigenvalue weighted by Crippen LogP contribution is -1.90. The molecule has 0 spiro atoms. The third kappa shape index (κ3) is 0.939. The van der Waals surface area contributed by atoms with E-state index in [1.165, 1.54) is 6.33 Å². The molecule has 2 heterocycles. The predicted octanol–water partition coefficient (Wildman–Crippen LogP) is 0.871. The summed E-state index contributed by atoms with van der Waals surface area (Å²) in [6.45, 7) is 4.13. The number of fused-ring (bicyclic) bond motifs is 1. The van der Waals surface area contributed by atoms with Gasteiger partial charge in [0.15, 0.2) is 5.65 Å². The van der Waals surface area contributed by atoms with Gasteiger partial charge in [-0.3, -0.25) is 5.10 Å². The zero-order valence-corrected chi connectivity index (χ0v) is 6.94. The number of nitrogens with one attached hydrogen (secondary N) is 1. The van der Waals surface area contributed by atoms with Crippen molar-refractivity contribution in [2.24, 2.45) is 0 Å². The second kappa shape index (κ2) is 2.51.